The van der Waals surface area contributed by atoms with Crippen LogP contribution in [0.15, 0.2) is 36.4 Å². The summed E-state index contributed by atoms with van der Waals surface area (Å²) in [6.45, 7) is 0. The minimum absolute atomic E-state index is 0.267. The van der Waals surface area contributed by atoms with Crippen LogP contribution >= 0.6 is 22.9 Å². The van der Waals surface area contributed by atoms with E-state index in [4.69, 9.17) is 21.1 Å². The molecule has 4 rings (SSSR count). The standard InChI is InChI=1S/C21H17ClN4O6S/c1-25-18(28)16(19(29)26(2)21(25)30)17(27)23-11-5-7-13(14(9-11)31-3)32-20-24-12-6-4-10(22)8-15(12)33-20/h4-9,16H,1-3H3,(H,23,27). The predicted octanol–water partition coefficient (Wildman–Crippen LogP) is 3.36. The van der Waals surface area contributed by atoms with Gasteiger partial charge in [0.25, 0.3) is 17.0 Å². The molecule has 1 saturated heterocycles. The summed E-state index contributed by atoms with van der Waals surface area (Å²) in [5.74, 6) is -3.71. The lowest BCUT2D eigenvalue weighted by Crippen LogP contribution is -2.59. The Labute approximate surface area is 196 Å². The van der Waals surface area contributed by atoms with E-state index in [1.54, 1.807) is 24.3 Å². The number of carbonyl (C=O) groups excluding carboxylic acids is 4. The van der Waals surface area contributed by atoms with Gasteiger partial charge in [0.1, 0.15) is 0 Å². The number of benzene rings is 2. The first-order valence-electron chi connectivity index (χ1n) is 9.51. The molecule has 5 amide bonds. The Balaban J connectivity index is 1.53. The zero-order valence-electron chi connectivity index (χ0n) is 17.6. The van der Waals surface area contributed by atoms with Crippen LogP contribution in [0.4, 0.5) is 10.5 Å². The van der Waals surface area contributed by atoms with Gasteiger partial charge in [-0.2, -0.15) is 0 Å². The lowest BCUT2D eigenvalue weighted by molar-refractivity contribution is -0.151. The zero-order chi connectivity index (χ0) is 23.9. The number of methoxy groups -OCH3 is 1. The number of rotatable bonds is 5. The first kappa shape index (κ1) is 22.5. The summed E-state index contributed by atoms with van der Waals surface area (Å²) >= 11 is 7.32. The number of aromatic nitrogens is 1. The van der Waals surface area contributed by atoms with Crippen molar-refractivity contribution in [3.63, 3.8) is 0 Å². The normalized spacial score (nSPS) is 14.7. The van der Waals surface area contributed by atoms with Gasteiger partial charge in [0.15, 0.2) is 17.4 Å². The number of barbiturate groups is 1. The Kier molecular flexibility index (Phi) is 5.91. The van der Waals surface area contributed by atoms with Gasteiger partial charge in [-0.1, -0.05) is 22.9 Å². The number of urea groups is 1. The number of amides is 5. The maximum absolute atomic E-state index is 12.7. The summed E-state index contributed by atoms with van der Waals surface area (Å²) in [6, 6.07) is 9.07. The smallest absolute Gasteiger partial charge is 0.332 e. The minimum atomic E-state index is -1.67. The number of halogens is 1. The summed E-state index contributed by atoms with van der Waals surface area (Å²) in [7, 11) is 3.84. The summed E-state index contributed by atoms with van der Waals surface area (Å²) in [5.41, 5.74) is 1.00. The Morgan fingerprint density at radius 1 is 1.06 bits per heavy atom. The van der Waals surface area contributed by atoms with E-state index in [0.717, 1.165) is 20.0 Å². The van der Waals surface area contributed by atoms with Gasteiger partial charge < -0.3 is 14.8 Å². The van der Waals surface area contributed by atoms with Gasteiger partial charge in [0.2, 0.25) is 5.91 Å². The zero-order valence-corrected chi connectivity index (χ0v) is 19.2. The van der Waals surface area contributed by atoms with Crippen molar-refractivity contribution in [3.8, 4) is 16.7 Å². The molecular weight excluding hydrogens is 472 g/mol. The molecule has 1 aliphatic rings. The molecule has 2 heterocycles. The van der Waals surface area contributed by atoms with Crippen LogP contribution in [0.2, 0.25) is 5.02 Å². The number of ether oxygens (including phenoxy) is 2. The van der Waals surface area contributed by atoms with Crippen LogP contribution in [0.1, 0.15) is 0 Å². The second kappa shape index (κ2) is 8.68. The molecule has 1 aliphatic heterocycles. The van der Waals surface area contributed by atoms with Crippen molar-refractivity contribution >= 4 is 62.6 Å². The molecule has 0 bridgehead atoms. The van der Waals surface area contributed by atoms with E-state index in [0.29, 0.717) is 16.0 Å². The van der Waals surface area contributed by atoms with Crippen molar-refractivity contribution in [2.75, 3.05) is 26.5 Å². The van der Waals surface area contributed by atoms with E-state index in [-0.39, 0.29) is 11.4 Å². The summed E-state index contributed by atoms with van der Waals surface area (Å²) < 4.78 is 12.1. The minimum Gasteiger partial charge on any atom is -0.493 e. The van der Waals surface area contributed by atoms with Crippen molar-refractivity contribution in [1.82, 2.24) is 14.8 Å². The average molecular weight is 489 g/mol. The Bertz CT molecular complexity index is 1290. The number of carbonyl (C=O) groups is 4. The number of hydrogen-bond acceptors (Lipinski definition) is 8. The van der Waals surface area contributed by atoms with Gasteiger partial charge in [-0.05, 0) is 30.3 Å². The number of anilines is 1. The molecule has 2 aromatic carbocycles. The quantitative estimate of drug-likeness (QED) is 0.547. The first-order valence-corrected chi connectivity index (χ1v) is 10.7. The molecule has 0 atom stereocenters. The maximum Gasteiger partial charge on any atom is 0.332 e. The SMILES string of the molecule is COc1cc(NC(=O)C2C(=O)N(C)C(=O)N(C)C2=O)ccc1Oc1nc2ccc(Cl)cc2s1. The van der Waals surface area contributed by atoms with Gasteiger partial charge in [0, 0.05) is 30.9 Å². The van der Waals surface area contributed by atoms with Gasteiger partial charge in [-0.25, -0.2) is 9.78 Å². The number of fused-ring (bicyclic) bond motifs is 1. The molecule has 3 aromatic rings. The van der Waals surface area contributed by atoms with Crippen molar-refractivity contribution in [2.45, 2.75) is 0 Å². The van der Waals surface area contributed by atoms with E-state index in [9.17, 15) is 19.2 Å². The highest BCUT2D eigenvalue weighted by molar-refractivity contribution is 7.20. The molecular formula is C21H17ClN4O6S. The molecule has 1 N–H and O–H groups in total. The molecule has 0 spiro atoms. The van der Waals surface area contributed by atoms with Crippen LogP contribution in [-0.4, -0.2) is 59.7 Å². The van der Waals surface area contributed by atoms with E-state index in [1.807, 2.05) is 0 Å². The monoisotopic (exact) mass is 488 g/mol. The molecule has 1 aromatic heterocycles. The number of nitrogens with one attached hydrogen (secondary N) is 1. The summed E-state index contributed by atoms with van der Waals surface area (Å²) in [4.78, 5) is 55.1. The van der Waals surface area contributed by atoms with Crippen molar-refractivity contribution in [2.24, 2.45) is 5.92 Å². The van der Waals surface area contributed by atoms with Crippen LogP contribution in [0.5, 0.6) is 16.7 Å². The summed E-state index contributed by atoms with van der Waals surface area (Å²) in [5, 5.41) is 3.48. The molecule has 1 fully saturated rings. The third-order valence-electron chi connectivity index (χ3n) is 4.95. The van der Waals surface area contributed by atoms with Crippen molar-refractivity contribution < 1.29 is 28.7 Å². The lowest BCUT2D eigenvalue weighted by Gasteiger charge is -2.32. The molecule has 0 saturated carbocycles. The molecule has 0 aliphatic carbocycles. The molecule has 0 radical (unpaired) electrons. The average Bonchev–Trinajstić information content (AvgIpc) is 3.18. The topological polar surface area (TPSA) is 118 Å². The second-order valence-electron chi connectivity index (χ2n) is 7.06. The van der Waals surface area contributed by atoms with Gasteiger partial charge in [-0.3, -0.25) is 24.2 Å². The Hall–Kier alpha value is -3.70. The van der Waals surface area contributed by atoms with E-state index < -0.39 is 29.7 Å². The third kappa shape index (κ3) is 4.20. The van der Waals surface area contributed by atoms with Crippen LogP contribution < -0.4 is 14.8 Å². The summed E-state index contributed by atoms with van der Waals surface area (Å²) in [6.07, 6.45) is 0. The molecule has 10 nitrogen and oxygen atoms in total. The fourth-order valence-corrected chi connectivity index (χ4v) is 4.29. The first-order chi connectivity index (χ1) is 15.7. The van der Waals surface area contributed by atoms with Gasteiger partial charge in [-0.15, -0.1) is 0 Å². The Morgan fingerprint density at radius 3 is 2.42 bits per heavy atom. The Morgan fingerprint density at radius 2 is 1.76 bits per heavy atom. The number of thiazole rings is 1. The number of nitrogens with zero attached hydrogens (tertiary/aromatic N) is 3. The molecule has 33 heavy (non-hydrogen) atoms. The highest BCUT2D eigenvalue weighted by atomic mass is 35.5. The molecule has 12 heteroatoms. The maximum atomic E-state index is 12.7. The van der Waals surface area contributed by atoms with E-state index >= 15 is 0 Å². The van der Waals surface area contributed by atoms with Crippen LogP contribution in [0.25, 0.3) is 10.2 Å². The van der Waals surface area contributed by atoms with Gasteiger partial charge >= 0.3 is 6.03 Å². The third-order valence-corrected chi connectivity index (χ3v) is 6.08. The second-order valence-corrected chi connectivity index (χ2v) is 8.49. The lowest BCUT2D eigenvalue weighted by atomic mass is 10.0. The van der Waals surface area contributed by atoms with Gasteiger partial charge in [0.05, 0.1) is 17.3 Å². The van der Waals surface area contributed by atoms with Crippen molar-refractivity contribution in [3.05, 3.63) is 41.4 Å². The van der Waals surface area contributed by atoms with Crippen molar-refractivity contribution in [1.29, 1.82) is 0 Å². The van der Waals surface area contributed by atoms with Crippen LogP contribution in [0, 0.1) is 5.92 Å². The van der Waals surface area contributed by atoms with Crippen LogP contribution in [0.3, 0.4) is 0 Å². The largest absolute Gasteiger partial charge is 0.493 e. The fraction of sp³-hybridized carbons (Fsp3) is 0.190. The van der Waals surface area contributed by atoms with E-state index in [2.05, 4.69) is 10.3 Å². The fourth-order valence-electron chi connectivity index (χ4n) is 3.19. The van der Waals surface area contributed by atoms with Crippen LogP contribution in [-0.2, 0) is 14.4 Å². The number of imide groups is 2. The molecule has 170 valence electrons. The van der Waals surface area contributed by atoms with E-state index in [1.165, 1.54) is 44.7 Å². The highest BCUT2D eigenvalue weighted by Crippen LogP contribution is 2.37. The predicted molar refractivity (Wildman–Crippen MR) is 121 cm³/mol. The number of hydrogen-bond donors (Lipinski definition) is 1. The highest BCUT2D eigenvalue weighted by Gasteiger charge is 2.46. The molecule has 0 unspecified atom stereocenters.